The van der Waals surface area contributed by atoms with Gasteiger partial charge in [0.25, 0.3) is 0 Å². The molecule has 1 atom stereocenters. The Bertz CT molecular complexity index is 921. The summed E-state index contributed by atoms with van der Waals surface area (Å²) in [4.78, 5) is 27.6. The highest BCUT2D eigenvalue weighted by Gasteiger charge is 2.26. The van der Waals surface area contributed by atoms with Gasteiger partial charge in [0, 0.05) is 16.8 Å². The number of anilines is 1. The van der Waals surface area contributed by atoms with Gasteiger partial charge in [0.05, 0.1) is 18.3 Å². The molecular weight excluding hydrogens is 370 g/mol. The van der Waals surface area contributed by atoms with Gasteiger partial charge in [-0.05, 0) is 33.3 Å². The minimum Gasteiger partial charge on any atom is -0.462 e. The molecule has 4 N–H and O–H groups in total. The lowest BCUT2D eigenvalue weighted by atomic mass is 10.1. The Morgan fingerprint density at radius 2 is 2.00 bits per heavy atom. The summed E-state index contributed by atoms with van der Waals surface area (Å²) < 4.78 is 10.3. The molecule has 0 fully saturated rings. The molecular formula is C18H21N3O5S. The van der Waals surface area contributed by atoms with Crippen LogP contribution in [0.4, 0.5) is 5.00 Å². The number of aromatic amines is 1. The summed E-state index contributed by atoms with van der Waals surface area (Å²) in [5.41, 5.74) is 8.22. The molecule has 0 aliphatic rings. The molecule has 0 aromatic carbocycles. The number of esters is 2. The highest BCUT2D eigenvalue weighted by atomic mass is 32.1. The SMILES string of the molecule is CCOC(=O)c1sc(N)c(C#N)c1COC(=O)c1[nH]c(C)c([C@@H](C)O)c1C. The van der Waals surface area contributed by atoms with Crippen LogP contribution in [0.5, 0.6) is 0 Å². The second-order valence-electron chi connectivity index (χ2n) is 5.90. The maximum absolute atomic E-state index is 12.5. The Kier molecular flexibility index (Phi) is 6.25. The second-order valence-corrected chi connectivity index (χ2v) is 6.95. The van der Waals surface area contributed by atoms with E-state index in [0.29, 0.717) is 16.8 Å². The fraction of sp³-hybridized carbons (Fsp3) is 0.389. The van der Waals surface area contributed by atoms with Crippen molar-refractivity contribution in [2.45, 2.75) is 40.4 Å². The number of rotatable bonds is 6. The van der Waals surface area contributed by atoms with Crippen molar-refractivity contribution in [3.8, 4) is 6.07 Å². The maximum Gasteiger partial charge on any atom is 0.355 e. The monoisotopic (exact) mass is 391 g/mol. The summed E-state index contributed by atoms with van der Waals surface area (Å²) in [5.74, 6) is -1.28. The number of hydrogen-bond donors (Lipinski definition) is 3. The molecule has 0 radical (unpaired) electrons. The molecule has 144 valence electrons. The molecule has 0 aliphatic carbocycles. The fourth-order valence-electron chi connectivity index (χ4n) is 2.91. The quantitative estimate of drug-likeness (QED) is 0.643. The van der Waals surface area contributed by atoms with Gasteiger partial charge >= 0.3 is 11.9 Å². The van der Waals surface area contributed by atoms with E-state index in [1.54, 1.807) is 27.7 Å². The van der Waals surface area contributed by atoms with Crippen molar-refractivity contribution in [3.05, 3.63) is 38.5 Å². The normalized spacial score (nSPS) is 11.7. The molecule has 0 aliphatic heterocycles. The number of aryl methyl sites for hydroxylation is 1. The smallest absolute Gasteiger partial charge is 0.355 e. The molecule has 2 rings (SSSR count). The van der Waals surface area contributed by atoms with Gasteiger partial charge in [-0.15, -0.1) is 11.3 Å². The minimum absolute atomic E-state index is 0.0971. The van der Waals surface area contributed by atoms with E-state index in [0.717, 1.165) is 11.3 Å². The zero-order valence-corrected chi connectivity index (χ0v) is 16.3. The number of nitrogens with two attached hydrogens (primary N) is 1. The average molecular weight is 391 g/mol. The fourth-order valence-corrected chi connectivity index (χ4v) is 3.83. The van der Waals surface area contributed by atoms with Gasteiger partial charge in [-0.2, -0.15) is 5.26 Å². The van der Waals surface area contributed by atoms with Gasteiger partial charge in [0.1, 0.15) is 28.2 Å². The third-order valence-corrected chi connectivity index (χ3v) is 5.11. The van der Waals surface area contributed by atoms with Crippen LogP contribution in [-0.4, -0.2) is 28.6 Å². The van der Waals surface area contributed by atoms with Crippen molar-refractivity contribution in [1.82, 2.24) is 4.98 Å². The van der Waals surface area contributed by atoms with E-state index in [-0.39, 0.29) is 39.9 Å². The predicted molar refractivity (Wildman–Crippen MR) is 99.4 cm³/mol. The van der Waals surface area contributed by atoms with Crippen molar-refractivity contribution in [3.63, 3.8) is 0 Å². The molecule has 9 heteroatoms. The first kappa shape index (κ1) is 20.5. The summed E-state index contributed by atoms with van der Waals surface area (Å²) in [7, 11) is 0. The molecule has 0 amide bonds. The van der Waals surface area contributed by atoms with Gasteiger partial charge in [-0.25, -0.2) is 9.59 Å². The number of hydrogen-bond acceptors (Lipinski definition) is 8. The summed E-state index contributed by atoms with van der Waals surface area (Å²) in [6, 6.07) is 1.93. The second kappa shape index (κ2) is 8.24. The molecule has 8 nitrogen and oxygen atoms in total. The number of aliphatic hydroxyl groups is 1. The zero-order valence-electron chi connectivity index (χ0n) is 15.5. The Morgan fingerprint density at radius 1 is 1.33 bits per heavy atom. The number of nitrogens with one attached hydrogen (secondary N) is 1. The van der Waals surface area contributed by atoms with Crippen molar-refractivity contribution in [2.24, 2.45) is 0 Å². The van der Waals surface area contributed by atoms with Crippen molar-refractivity contribution < 1.29 is 24.2 Å². The van der Waals surface area contributed by atoms with Crippen molar-refractivity contribution in [1.29, 1.82) is 5.26 Å². The third-order valence-electron chi connectivity index (χ3n) is 4.07. The van der Waals surface area contributed by atoms with Crippen LogP contribution >= 0.6 is 11.3 Å². The van der Waals surface area contributed by atoms with E-state index in [9.17, 15) is 20.0 Å². The summed E-state index contributed by atoms with van der Waals surface area (Å²) in [6.07, 6.45) is -0.736. The highest BCUT2D eigenvalue weighted by Crippen LogP contribution is 2.32. The van der Waals surface area contributed by atoms with E-state index >= 15 is 0 Å². The van der Waals surface area contributed by atoms with Crippen LogP contribution in [0.15, 0.2) is 0 Å². The number of thiophene rings is 1. The largest absolute Gasteiger partial charge is 0.462 e. The van der Waals surface area contributed by atoms with E-state index in [1.165, 1.54) is 0 Å². The van der Waals surface area contributed by atoms with Crippen LogP contribution in [0.2, 0.25) is 0 Å². The Labute approximate surface area is 160 Å². The Hall–Kier alpha value is -2.83. The van der Waals surface area contributed by atoms with Crippen LogP contribution in [0.3, 0.4) is 0 Å². The van der Waals surface area contributed by atoms with Crippen molar-refractivity contribution in [2.75, 3.05) is 12.3 Å². The molecule has 2 heterocycles. The van der Waals surface area contributed by atoms with Gasteiger partial charge in [0.2, 0.25) is 0 Å². The number of ether oxygens (including phenoxy) is 2. The Morgan fingerprint density at radius 3 is 2.52 bits per heavy atom. The lowest BCUT2D eigenvalue weighted by Crippen LogP contribution is -2.11. The van der Waals surface area contributed by atoms with Gasteiger partial charge in [-0.1, -0.05) is 0 Å². The molecule has 27 heavy (non-hydrogen) atoms. The Balaban J connectivity index is 2.29. The first-order chi connectivity index (χ1) is 12.7. The van der Waals surface area contributed by atoms with Gasteiger partial charge in [-0.3, -0.25) is 0 Å². The van der Waals surface area contributed by atoms with Gasteiger partial charge in [0.15, 0.2) is 0 Å². The number of carbonyl (C=O) groups excluding carboxylic acids is 2. The molecule has 0 spiro atoms. The standard InChI is InChI=1S/C18H21N3O5S/c1-5-25-18(24)15-12(11(6-19)16(20)27-15)7-26-17(23)14-8(2)13(10(4)22)9(3)21-14/h10,21-22H,5,7,20H2,1-4H3/t10-/m1/s1. The first-order valence-corrected chi connectivity index (χ1v) is 9.07. The lowest BCUT2D eigenvalue weighted by Gasteiger charge is -2.07. The number of H-pyrrole nitrogens is 1. The van der Waals surface area contributed by atoms with E-state index < -0.39 is 18.0 Å². The number of nitrogen functional groups attached to an aromatic ring is 1. The van der Waals surface area contributed by atoms with E-state index in [1.807, 2.05) is 6.07 Å². The summed E-state index contributed by atoms with van der Waals surface area (Å²) in [5, 5.41) is 19.3. The molecule has 2 aromatic rings. The topological polar surface area (TPSA) is 138 Å². The van der Waals surface area contributed by atoms with Gasteiger partial charge < -0.3 is 25.3 Å². The van der Waals surface area contributed by atoms with Crippen LogP contribution in [0.25, 0.3) is 0 Å². The van der Waals surface area contributed by atoms with Crippen LogP contribution in [-0.2, 0) is 16.1 Å². The zero-order chi connectivity index (χ0) is 20.3. The van der Waals surface area contributed by atoms with Crippen molar-refractivity contribution >= 4 is 28.3 Å². The number of nitrogens with zero attached hydrogens (tertiary/aromatic N) is 1. The maximum atomic E-state index is 12.5. The van der Waals surface area contributed by atoms with Crippen LogP contribution in [0, 0.1) is 25.2 Å². The van der Waals surface area contributed by atoms with Crippen LogP contribution in [0.1, 0.15) is 68.1 Å². The van der Waals surface area contributed by atoms with E-state index in [2.05, 4.69) is 4.98 Å². The number of aliphatic hydroxyl groups excluding tert-OH is 1. The summed E-state index contributed by atoms with van der Waals surface area (Å²) in [6.45, 7) is 6.59. The summed E-state index contributed by atoms with van der Waals surface area (Å²) >= 11 is 0.923. The average Bonchev–Trinajstić information content (AvgIpc) is 3.08. The number of carbonyl (C=O) groups is 2. The predicted octanol–water partition coefficient (Wildman–Crippen LogP) is 2.73. The van der Waals surface area contributed by atoms with E-state index in [4.69, 9.17) is 15.2 Å². The molecule has 2 aromatic heterocycles. The molecule has 0 unspecified atom stereocenters. The lowest BCUT2D eigenvalue weighted by molar-refractivity contribution is 0.0447. The number of nitriles is 1. The number of aromatic nitrogens is 1. The van der Waals surface area contributed by atoms with Crippen LogP contribution < -0.4 is 5.73 Å². The third kappa shape index (κ3) is 3.97. The molecule has 0 saturated carbocycles. The highest BCUT2D eigenvalue weighted by molar-refractivity contribution is 7.18. The molecule has 0 bridgehead atoms. The molecule has 0 saturated heterocycles. The first-order valence-electron chi connectivity index (χ1n) is 8.25. The minimum atomic E-state index is -0.736.